The summed E-state index contributed by atoms with van der Waals surface area (Å²) in [6.07, 6.45) is 2.06. The van der Waals surface area contributed by atoms with Gasteiger partial charge in [0, 0.05) is 23.7 Å². The zero-order valence-electron chi connectivity index (χ0n) is 13.6. The van der Waals surface area contributed by atoms with Gasteiger partial charge in [-0.25, -0.2) is 0 Å². The maximum absolute atomic E-state index is 12.3. The fraction of sp³-hybridized carbons (Fsp3) is 0.263. The molecule has 1 amide bonds. The van der Waals surface area contributed by atoms with Crippen molar-refractivity contribution in [3.05, 3.63) is 59.1 Å². The first-order valence-electron chi connectivity index (χ1n) is 8.37. The van der Waals surface area contributed by atoms with Crippen molar-refractivity contribution in [2.75, 3.05) is 18.0 Å². The van der Waals surface area contributed by atoms with Gasteiger partial charge in [-0.15, -0.1) is 0 Å². The lowest BCUT2D eigenvalue weighted by atomic mass is 10.2. The summed E-state index contributed by atoms with van der Waals surface area (Å²) in [4.78, 5) is 19.0. The molecule has 0 aliphatic carbocycles. The standard InChI is InChI=1S/C19H18ClN3O2/c20-14-9-7-13(8-10-14)18(24)21-12-15-4-3-11-23(15)19-22-16-5-1-2-6-17(16)25-19/h1-2,5-10,15H,3-4,11-12H2,(H,21,24). The minimum Gasteiger partial charge on any atom is -0.423 e. The van der Waals surface area contributed by atoms with Crippen LogP contribution in [0.4, 0.5) is 6.01 Å². The highest BCUT2D eigenvalue weighted by Gasteiger charge is 2.28. The number of hydrogen-bond donors (Lipinski definition) is 1. The number of aromatic nitrogens is 1. The van der Waals surface area contributed by atoms with Crippen LogP contribution in [0.5, 0.6) is 0 Å². The van der Waals surface area contributed by atoms with Crippen LogP contribution in [0.2, 0.25) is 5.02 Å². The van der Waals surface area contributed by atoms with Gasteiger partial charge < -0.3 is 14.6 Å². The van der Waals surface area contributed by atoms with E-state index in [1.165, 1.54) is 0 Å². The van der Waals surface area contributed by atoms with E-state index < -0.39 is 0 Å². The molecule has 128 valence electrons. The minimum absolute atomic E-state index is 0.0962. The Morgan fingerprint density at radius 2 is 2.04 bits per heavy atom. The molecule has 0 saturated carbocycles. The van der Waals surface area contributed by atoms with Crippen molar-refractivity contribution >= 4 is 34.6 Å². The first kappa shape index (κ1) is 16.0. The lowest BCUT2D eigenvalue weighted by Gasteiger charge is -2.23. The highest BCUT2D eigenvalue weighted by atomic mass is 35.5. The molecule has 0 spiro atoms. The Hall–Kier alpha value is -2.53. The fourth-order valence-corrected chi connectivity index (χ4v) is 3.32. The molecule has 5 nitrogen and oxygen atoms in total. The summed E-state index contributed by atoms with van der Waals surface area (Å²) in [5.41, 5.74) is 2.25. The van der Waals surface area contributed by atoms with Gasteiger partial charge in [0.15, 0.2) is 5.58 Å². The van der Waals surface area contributed by atoms with Crippen molar-refractivity contribution in [1.82, 2.24) is 10.3 Å². The van der Waals surface area contributed by atoms with Gasteiger partial charge in [-0.1, -0.05) is 23.7 Å². The number of fused-ring (bicyclic) bond motifs is 1. The summed E-state index contributed by atoms with van der Waals surface area (Å²) in [7, 11) is 0. The highest BCUT2D eigenvalue weighted by molar-refractivity contribution is 6.30. The molecule has 1 aromatic heterocycles. The number of oxazole rings is 1. The van der Waals surface area contributed by atoms with Crippen molar-refractivity contribution in [1.29, 1.82) is 0 Å². The van der Waals surface area contributed by atoms with Crippen LogP contribution in [-0.4, -0.2) is 30.0 Å². The van der Waals surface area contributed by atoms with E-state index in [-0.39, 0.29) is 11.9 Å². The maximum atomic E-state index is 12.3. The molecule has 0 radical (unpaired) electrons. The van der Waals surface area contributed by atoms with Gasteiger partial charge in [0.25, 0.3) is 11.9 Å². The van der Waals surface area contributed by atoms with Crippen LogP contribution in [0.1, 0.15) is 23.2 Å². The van der Waals surface area contributed by atoms with Gasteiger partial charge in [0.1, 0.15) is 5.52 Å². The fourth-order valence-electron chi connectivity index (χ4n) is 3.20. The number of carbonyl (C=O) groups is 1. The molecule has 4 rings (SSSR count). The second-order valence-corrected chi connectivity index (χ2v) is 6.61. The van der Waals surface area contributed by atoms with E-state index in [0.29, 0.717) is 23.1 Å². The van der Waals surface area contributed by atoms with Gasteiger partial charge in [-0.05, 0) is 49.2 Å². The predicted molar refractivity (Wildman–Crippen MR) is 98.2 cm³/mol. The molecule has 1 N–H and O–H groups in total. The van der Waals surface area contributed by atoms with Gasteiger partial charge in [-0.3, -0.25) is 4.79 Å². The predicted octanol–water partition coefficient (Wildman–Crippen LogP) is 3.88. The topological polar surface area (TPSA) is 58.4 Å². The van der Waals surface area contributed by atoms with Gasteiger partial charge in [0.2, 0.25) is 0 Å². The number of rotatable bonds is 4. The number of halogens is 1. The number of anilines is 1. The third kappa shape index (κ3) is 3.33. The van der Waals surface area contributed by atoms with E-state index in [2.05, 4.69) is 15.2 Å². The van der Waals surface area contributed by atoms with Crippen LogP contribution in [0, 0.1) is 0 Å². The second kappa shape index (κ2) is 6.76. The van der Waals surface area contributed by atoms with E-state index in [4.69, 9.17) is 16.0 Å². The van der Waals surface area contributed by atoms with Crippen molar-refractivity contribution in [3.63, 3.8) is 0 Å². The first-order valence-corrected chi connectivity index (χ1v) is 8.74. The first-order chi connectivity index (χ1) is 12.2. The van der Waals surface area contributed by atoms with Crippen LogP contribution in [0.15, 0.2) is 52.9 Å². The summed E-state index contributed by atoms with van der Waals surface area (Å²) in [5.74, 6) is -0.0962. The number of para-hydroxylation sites is 2. The molecule has 1 unspecified atom stereocenters. The Labute approximate surface area is 150 Å². The summed E-state index contributed by atoms with van der Waals surface area (Å²) >= 11 is 5.86. The molecule has 2 aromatic carbocycles. The van der Waals surface area contributed by atoms with Crippen molar-refractivity contribution in [2.45, 2.75) is 18.9 Å². The Morgan fingerprint density at radius 1 is 1.24 bits per heavy atom. The van der Waals surface area contributed by atoms with E-state index in [1.54, 1.807) is 24.3 Å². The number of hydrogen-bond acceptors (Lipinski definition) is 4. The van der Waals surface area contributed by atoms with Crippen LogP contribution < -0.4 is 10.2 Å². The molecule has 1 saturated heterocycles. The highest BCUT2D eigenvalue weighted by Crippen LogP contribution is 2.28. The summed E-state index contributed by atoms with van der Waals surface area (Å²) < 4.78 is 5.87. The Bertz CT molecular complexity index is 858. The number of amides is 1. The zero-order chi connectivity index (χ0) is 17.2. The van der Waals surface area contributed by atoms with Crippen molar-refractivity contribution < 1.29 is 9.21 Å². The monoisotopic (exact) mass is 355 g/mol. The van der Waals surface area contributed by atoms with E-state index >= 15 is 0 Å². The number of nitrogens with one attached hydrogen (secondary N) is 1. The molecular formula is C19H18ClN3O2. The molecule has 1 aliphatic rings. The van der Waals surface area contributed by atoms with Gasteiger partial charge in [-0.2, -0.15) is 4.98 Å². The average Bonchev–Trinajstić information content (AvgIpc) is 3.26. The van der Waals surface area contributed by atoms with Gasteiger partial charge >= 0.3 is 0 Å². The molecule has 2 heterocycles. The third-order valence-corrected chi connectivity index (χ3v) is 4.76. The van der Waals surface area contributed by atoms with Gasteiger partial charge in [0.05, 0.1) is 6.04 Å². The van der Waals surface area contributed by atoms with Crippen molar-refractivity contribution in [2.24, 2.45) is 0 Å². The second-order valence-electron chi connectivity index (χ2n) is 6.17. The Morgan fingerprint density at radius 3 is 2.84 bits per heavy atom. The number of nitrogens with zero attached hydrogens (tertiary/aromatic N) is 2. The Balaban J connectivity index is 1.44. The van der Waals surface area contributed by atoms with Crippen molar-refractivity contribution in [3.8, 4) is 0 Å². The molecule has 6 heteroatoms. The lowest BCUT2D eigenvalue weighted by molar-refractivity contribution is 0.0951. The molecular weight excluding hydrogens is 338 g/mol. The van der Waals surface area contributed by atoms with Crippen LogP contribution in [-0.2, 0) is 0 Å². The molecule has 0 bridgehead atoms. The molecule has 1 fully saturated rings. The summed E-state index contributed by atoms with van der Waals surface area (Å²) in [5, 5.41) is 3.62. The molecule has 1 aliphatic heterocycles. The smallest absolute Gasteiger partial charge is 0.298 e. The Kier molecular flexibility index (Phi) is 4.32. The van der Waals surface area contributed by atoms with E-state index in [0.717, 1.165) is 30.5 Å². The van der Waals surface area contributed by atoms with E-state index in [9.17, 15) is 4.79 Å². The average molecular weight is 356 g/mol. The SMILES string of the molecule is O=C(NCC1CCCN1c1nc2ccccc2o1)c1ccc(Cl)cc1. The minimum atomic E-state index is -0.0962. The summed E-state index contributed by atoms with van der Waals surface area (Å²) in [6.45, 7) is 1.44. The van der Waals surface area contributed by atoms with E-state index in [1.807, 2.05) is 24.3 Å². The quantitative estimate of drug-likeness (QED) is 0.771. The summed E-state index contributed by atoms with van der Waals surface area (Å²) in [6, 6.07) is 15.4. The van der Waals surface area contributed by atoms with Crippen LogP contribution in [0.3, 0.4) is 0 Å². The zero-order valence-corrected chi connectivity index (χ0v) is 14.4. The number of benzene rings is 2. The van der Waals surface area contributed by atoms with Crippen LogP contribution in [0.25, 0.3) is 11.1 Å². The maximum Gasteiger partial charge on any atom is 0.298 e. The number of carbonyl (C=O) groups excluding carboxylic acids is 1. The molecule has 3 aromatic rings. The normalized spacial score (nSPS) is 17.2. The van der Waals surface area contributed by atoms with Crippen LogP contribution >= 0.6 is 11.6 Å². The molecule has 25 heavy (non-hydrogen) atoms. The molecule has 1 atom stereocenters. The lowest BCUT2D eigenvalue weighted by Crippen LogP contribution is -2.40. The largest absolute Gasteiger partial charge is 0.423 e. The third-order valence-electron chi connectivity index (χ3n) is 4.51.